The van der Waals surface area contributed by atoms with Gasteiger partial charge >= 0.3 is 0 Å². The molecule has 0 spiro atoms. The van der Waals surface area contributed by atoms with E-state index in [1.165, 1.54) is 0 Å². The largest absolute Gasteiger partial charge is 0.322 e. The van der Waals surface area contributed by atoms with E-state index in [9.17, 15) is 4.57 Å². The van der Waals surface area contributed by atoms with Crippen LogP contribution in [0.15, 0.2) is 12.3 Å². The molecule has 0 aliphatic carbocycles. The fraction of sp³-hybridized carbons (Fsp3) is 0.333. The third-order valence-corrected chi connectivity index (χ3v) is 2.27. The lowest BCUT2D eigenvalue weighted by atomic mass is 10.4. The second-order valence-corrected chi connectivity index (χ2v) is 3.83. The highest BCUT2D eigenvalue weighted by Crippen LogP contribution is 2.11. The quantitative estimate of drug-likeness (QED) is 0.559. The van der Waals surface area contributed by atoms with Gasteiger partial charge in [-0.05, 0) is 19.7 Å². The van der Waals surface area contributed by atoms with Crippen LogP contribution in [0, 0.1) is 6.92 Å². The first-order valence-corrected chi connectivity index (χ1v) is 4.91. The molecular weight excluding hydrogens is 147 g/mol. The molecule has 0 bridgehead atoms. The van der Waals surface area contributed by atoms with Gasteiger partial charge in [0.15, 0.2) is 0 Å². The van der Waals surface area contributed by atoms with Gasteiger partial charge in [0, 0.05) is 5.30 Å². The summed E-state index contributed by atoms with van der Waals surface area (Å²) in [6, 6.07) is 1.80. The Kier molecular flexibility index (Phi) is 2.17. The maximum absolute atomic E-state index is 10.9. The summed E-state index contributed by atoms with van der Waals surface area (Å²) in [5.41, 5.74) is 0.817. The van der Waals surface area contributed by atoms with E-state index in [1.54, 1.807) is 18.9 Å². The Bertz CT molecular complexity index is 262. The number of hydrogen-bond acceptors (Lipinski definition) is 3. The lowest BCUT2D eigenvalue weighted by Gasteiger charge is -1.93. The maximum atomic E-state index is 10.9. The molecule has 1 rings (SSSR count). The Morgan fingerprint density at radius 2 is 2.30 bits per heavy atom. The number of rotatable bonds is 1. The summed E-state index contributed by atoms with van der Waals surface area (Å²) in [5.74, 6) is 0. The van der Waals surface area contributed by atoms with Crippen molar-refractivity contribution in [3.8, 4) is 0 Å². The fourth-order valence-corrected chi connectivity index (χ4v) is 1.32. The van der Waals surface area contributed by atoms with E-state index in [0.29, 0.717) is 0 Å². The van der Waals surface area contributed by atoms with Gasteiger partial charge in [-0.1, -0.05) is 0 Å². The highest BCUT2D eigenvalue weighted by molar-refractivity contribution is 7.52. The van der Waals surface area contributed by atoms with Crippen molar-refractivity contribution in [3.63, 3.8) is 0 Å². The van der Waals surface area contributed by atoms with Gasteiger partial charge in [0.25, 0.3) is 0 Å². The van der Waals surface area contributed by atoms with E-state index in [1.807, 2.05) is 6.92 Å². The van der Waals surface area contributed by atoms with E-state index < -0.39 is 7.80 Å². The average molecular weight is 156 g/mol. The van der Waals surface area contributed by atoms with E-state index >= 15 is 0 Å². The van der Waals surface area contributed by atoms with Crippen LogP contribution in [0.25, 0.3) is 0 Å². The number of aromatic nitrogens is 2. The van der Waals surface area contributed by atoms with Crippen LogP contribution >= 0.6 is 7.80 Å². The molecule has 1 atom stereocenters. The fourth-order valence-electron chi connectivity index (χ4n) is 0.666. The molecule has 0 radical (unpaired) electrons. The monoisotopic (exact) mass is 156 g/mol. The predicted molar refractivity (Wildman–Crippen MR) is 41.3 cm³/mol. The molecule has 54 valence electrons. The molecule has 0 fully saturated rings. The first-order chi connectivity index (χ1) is 4.70. The molecule has 1 heterocycles. The van der Waals surface area contributed by atoms with Gasteiger partial charge in [-0.25, -0.2) is 0 Å². The molecule has 0 saturated carbocycles. The summed E-state index contributed by atoms with van der Waals surface area (Å²) in [7, 11) is -1.59. The predicted octanol–water partition coefficient (Wildman–Crippen LogP) is 0.600. The second-order valence-electron chi connectivity index (χ2n) is 2.14. The van der Waals surface area contributed by atoms with Crippen LogP contribution in [-0.2, 0) is 4.57 Å². The maximum Gasteiger partial charge on any atom is 0.102 e. The zero-order valence-corrected chi connectivity index (χ0v) is 6.96. The van der Waals surface area contributed by atoms with Crippen molar-refractivity contribution in [2.75, 3.05) is 6.66 Å². The molecule has 1 aromatic heterocycles. The van der Waals surface area contributed by atoms with E-state index in [4.69, 9.17) is 0 Å². The molecule has 1 unspecified atom stereocenters. The minimum absolute atomic E-state index is 0.803. The van der Waals surface area contributed by atoms with Gasteiger partial charge in [-0.3, -0.25) is 0 Å². The summed E-state index contributed by atoms with van der Waals surface area (Å²) < 4.78 is 10.9. The summed E-state index contributed by atoms with van der Waals surface area (Å²) in [4.78, 5) is 0. The molecule has 4 heteroatoms. The van der Waals surface area contributed by atoms with Crippen molar-refractivity contribution in [3.05, 3.63) is 18.0 Å². The zero-order valence-electron chi connectivity index (χ0n) is 5.96. The van der Waals surface area contributed by atoms with Gasteiger partial charge in [-0.2, -0.15) is 10.2 Å². The van der Waals surface area contributed by atoms with Crippen LogP contribution < -0.4 is 5.30 Å². The molecule has 0 aromatic carbocycles. The highest BCUT2D eigenvalue weighted by Gasteiger charge is 1.96. The topological polar surface area (TPSA) is 42.9 Å². The summed E-state index contributed by atoms with van der Waals surface area (Å²) >= 11 is 0. The lowest BCUT2D eigenvalue weighted by Crippen LogP contribution is -2.00. The molecule has 10 heavy (non-hydrogen) atoms. The molecule has 0 amide bonds. The smallest absolute Gasteiger partial charge is 0.102 e. The minimum Gasteiger partial charge on any atom is -0.322 e. The van der Waals surface area contributed by atoms with Gasteiger partial charge in [0.05, 0.1) is 11.9 Å². The summed E-state index contributed by atoms with van der Waals surface area (Å²) in [6.45, 7) is 3.53. The van der Waals surface area contributed by atoms with Crippen LogP contribution in [0.1, 0.15) is 5.69 Å². The first-order valence-electron chi connectivity index (χ1n) is 3.00. The Balaban J connectivity index is 3.07. The number of aryl methyl sites for hydroxylation is 1. The Labute approximate surface area is 60.3 Å². The molecule has 1 aromatic rings. The first kappa shape index (κ1) is 7.42. The van der Waals surface area contributed by atoms with Crippen molar-refractivity contribution in [2.24, 2.45) is 0 Å². The van der Waals surface area contributed by atoms with Crippen molar-refractivity contribution in [1.29, 1.82) is 0 Å². The standard InChI is InChI=1S/C6H9N2OP/c1-5-3-6(10(2)9)4-7-8-5/h3-4,10H,1-2H3. The van der Waals surface area contributed by atoms with Crippen molar-refractivity contribution in [2.45, 2.75) is 6.92 Å². The molecule has 3 nitrogen and oxygen atoms in total. The van der Waals surface area contributed by atoms with Gasteiger partial charge in [-0.15, -0.1) is 0 Å². The highest BCUT2D eigenvalue weighted by atomic mass is 31.1. The van der Waals surface area contributed by atoms with Gasteiger partial charge in [0.1, 0.15) is 7.80 Å². The number of hydrogen-bond donors (Lipinski definition) is 0. The van der Waals surface area contributed by atoms with E-state index in [0.717, 1.165) is 11.0 Å². The van der Waals surface area contributed by atoms with Gasteiger partial charge < -0.3 is 4.57 Å². The van der Waals surface area contributed by atoms with Crippen LogP contribution in [0.4, 0.5) is 0 Å². The molecule has 0 N–H and O–H groups in total. The van der Waals surface area contributed by atoms with Crippen LogP contribution in [0.2, 0.25) is 0 Å². The molecular formula is C6H9N2OP. The molecule has 0 saturated heterocycles. The second kappa shape index (κ2) is 2.93. The Morgan fingerprint density at radius 1 is 1.60 bits per heavy atom. The van der Waals surface area contributed by atoms with Crippen molar-refractivity contribution in [1.82, 2.24) is 10.2 Å². The Morgan fingerprint density at radius 3 is 2.70 bits per heavy atom. The van der Waals surface area contributed by atoms with E-state index in [2.05, 4.69) is 10.2 Å². The van der Waals surface area contributed by atoms with Crippen LogP contribution in [-0.4, -0.2) is 16.9 Å². The Hall–Kier alpha value is -0.690. The summed E-state index contributed by atoms with van der Waals surface area (Å²) in [6.07, 6.45) is 1.55. The van der Waals surface area contributed by atoms with Crippen LogP contribution in [0.3, 0.4) is 0 Å². The zero-order chi connectivity index (χ0) is 7.56. The number of nitrogens with zero attached hydrogens (tertiary/aromatic N) is 2. The normalized spacial score (nSPS) is 13.0. The van der Waals surface area contributed by atoms with Crippen molar-refractivity contribution < 1.29 is 4.57 Å². The summed E-state index contributed by atoms with van der Waals surface area (Å²) in [5, 5.41) is 8.23. The molecule has 0 aliphatic rings. The van der Waals surface area contributed by atoms with E-state index in [-0.39, 0.29) is 0 Å². The third-order valence-electron chi connectivity index (χ3n) is 1.18. The minimum atomic E-state index is -1.59. The average Bonchev–Trinajstić information content (AvgIpc) is 1.88. The lowest BCUT2D eigenvalue weighted by molar-refractivity contribution is 0.596. The van der Waals surface area contributed by atoms with Crippen molar-refractivity contribution >= 4 is 13.1 Å². The third kappa shape index (κ3) is 1.64. The van der Waals surface area contributed by atoms with Crippen LogP contribution in [0.5, 0.6) is 0 Å². The molecule has 0 aliphatic heterocycles. The SMILES string of the molecule is Cc1cc([PH](C)=O)cnn1. The van der Waals surface area contributed by atoms with Gasteiger partial charge in [0.2, 0.25) is 0 Å².